The molecule has 0 unspecified atom stereocenters. The summed E-state index contributed by atoms with van der Waals surface area (Å²) in [7, 11) is 0. The van der Waals surface area contributed by atoms with Crippen molar-refractivity contribution in [1.29, 1.82) is 0 Å². The molecule has 0 spiro atoms. The lowest BCUT2D eigenvalue weighted by Crippen LogP contribution is -2.02. The van der Waals surface area contributed by atoms with Gasteiger partial charge in [0.25, 0.3) is 0 Å². The first-order valence-corrected chi connectivity index (χ1v) is 11.3. The zero-order valence-electron chi connectivity index (χ0n) is 17.1. The molecule has 4 aromatic carbocycles. The topological polar surface area (TPSA) is 0 Å². The predicted molar refractivity (Wildman–Crippen MR) is 124 cm³/mol. The minimum absolute atomic E-state index is 0.545. The summed E-state index contributed by atoms with van der Waals surface area (Å²) >= 11 is 0. The third-order valence-corrected chi connectivity index (χ3v) is 7.70. The second-order valence-electron chi connectivity index (χ2n) is 9.15. The second kappa shape index (κ2) is 6.19. The Balaban J connectivity index is 1.20. The highest BCUT2D eigenvalue weighted by molar-refractivity contribution is 5.88. The van der Waals surface area contributed by atoms with Gasteiger partial charge in [0, 0.05) is 11.8 Å². The Bertz CT molecular complexity index is 1210. The molecule has 3 aliphatic rings. The fourth-order valence-corrected chi connectivity index (χ4v) is 6.51. The van der Waals surface area contributed by atoms with E-state index in [0.29, 0.717) is 11.8 Å². The van der Waals surface area contributed by atoms with Crippen LogP contribution in [0.3, 0.4) is 0 Å². The molecule has 0 heterocycles. The number of rotatable bonds is 4. The third kappa shape index (κ3) is 2.17. The molecular formula is C30H24. The van der Waals surface area contributed by atoms with Crippen molar-refractivity contribution in [2.24, 2.45) is 0 Å². The van der Waals surface area contributed by atoms with E-state index in [2.05, 4.69) is 84.9 Å². The van der Waals surface area contributed by atoms with E-state index in [0.717, 1.165) is 6.42 Å². The summed E-state index contributed by atoms with van der Waals surface area (Å²) in [6.45, 7) is 0. The van der Waals surface area contributed by atoms with Gasteiger partial charge in [-0.05, 0) is 74.9 Å². The van der Waals surface area contributed by atoms with Gasteiger partial charge >= 0.3 is 0 Å². The van der Waals surface area contributed by atoms with Crippen molar-refractivity contribution in [1.82, 2.24) is 0 Å². The summed E-state index contributed by atoms with van der Waals surface area (Å²) in [6.07, 6.45) is 4.85. The molecular weight excluding hydrogens is 360 g/mol. The van der Waals surface area contributed by atoms with E-state index >= 15 is 0 Å². The van der Waals surface area contributed by atoms with Gasteiger partial charge in [-0.1, -0.05) is 91.3 Å². The van der Waals surface area contributed by atoms with Gasteiger partial charge < -0.3 is 0 Å². The van der Waals surface area contributed by atoms with Gasteiger partial charge in [-0.3, -0.25) is 0 Å². The summed E-state index contributed by atoms with van der Waals surface area (Å²) in [5.74, 6) is 1.12. The first kappa shape index (κ1) is 16.7. The Hall–Kier alpha value is -3.12. The maximum absolute atomic E-state index is 2.39. The average Bonchev–Trinajstić information content (AvgIpc) is 3.44. The van der Waals surface area contributed by atoms with Crippen LogP contribution in [0.1, 0.15) is 64.5 Å². The molecule has 3 aliphatic carbocycles. The van der Waals surface area contributed by atoms with Crippen molar-refractivity contribution >= 4 is 0 Å². The van der Waals surface area contributed by atoms with Crippen molar-refractivity contribution in [2.75, 3.05) is 0 Å². The SMILES string of the molecule is c1ccc2c(c1)-c1ccccc1C2CCCC1c2cccc3c2-c2c(cccc21)C3. The smallest absolute Gasteiger partial charge is 0.0102 e. The normalized spacial score (nSPS) is 15.3. The van der Waals surface area contributed by atoms with Crippen LogP contribution < -0.4 is 0 Å². The van der Waals surface area contributed by atoms with Crippen LogP contribution in [-0.4, -0.2) is 0 Å². The van der Waals surface area contributed by atoms with Crippen molar-refractivity contribution < 1.29 is 0 Å². The maximum Gasteiger partial charge on any atom is 0.0102 e. The van der Waals surface area contributed by atoms with Crippen molar-refractivity contribution in [2.45, 2.75) is 37.5 Å². The van der Waals surface area contributed by atoms with E-state index in [4.69, 9.17) is 0 Å². The monoisotopic (exact) mass is 384 g/mol. The maximum atomic E-state index is 2.39. The highest BCUT2D eigenvalue weighted by atomic mass is 14.4. The summed E-state index contributed by atoms with van der Waals surface area (Å²) in [4.78, 5) is 0. The fourth-order valence-electron chi connectivity index (χ4n) is 6.51. The number of hydrogen-bond acceptors (Lipinski definition) is 0. The Morgan fingerprint density at radius 2 is 0.967 bits per heavy atom. The van der Waals surface area contributed by atoms with Gasteiger partial charge in [0.1, 0.15) is 0 Å². The molecule has 30 heavy (non-hydrogen) atoms. The van der Waals surface area contributed by atoms with Crippen LogP contribution in [0.15, 0.2) is 84.9 Å². The third-order valence-electron chi connectivity index (χ3n) is 7.70. The van der Waals surface area contributed by atoms with Gasteiger partial charge in [0.05, 0.1) is 0 Å². The molecule has 0 bridgehead atoms. The van der Waals surface area contributed by atoms with E-state index in [9.17, 15) is 0 Å². The van der Waals surface area contributed by atoms with E-state index in [1.165, 1.54) is 52.6 Å². The van der Waals surface area contributed by atoms with Crippen molar-refractivity contribution in [3.63, 3.8) is 0 Å². The van der Waals surface area contributed by atoms with Crippen molar-refractivity contribution in [3.8, 4) is 22.3 Å². The van der Waals surface area contributed by atoms with Crippen LogP contribution in [0.25, 0.3) is 22.3 Å². The fraction of sp³-hybridized carbons (Fsp3) is 0.200. The Morgan fingerprint density at radius 1 is 0.500 bits per heavy atom. The van der Waals surface area contributed by atoms with Crippen LogP contribution in [0, 0.1) is 0 Å². The van der Waals surface area contributed by atoms with E-state index in [-0.39, 0.29) is 0 Å². The molecule has 0 heteroatoms. The lowest BCUT2D eigenvalue weighted by molar-refractivity contribution is 0.600. The van der Waals surface area contributed by atoms with Crippen LogP contribution in [0.2, 0.25) is 0 Å². The highest BCUT2D eigenvalue weighted by Crippen LogP contribution is 2.54. The predicted octanol–water partition coefficient (Wildman–Crippen LogP) is 7.69. The molecule has 0 atom stereocenters. The molecule has 0 saturated carbocycles. The van der Waals surface area contributed by atoms with Crippen LogP contribution >= 0.6 is 0 Å². The standard InChI is InChI=1S/C30H24/c1-3-12-23-21(10-1)22-11-2-4-13-24(22)25(23)14-7-15-26-27-16-5-8-19-18-20-9-6-17-28(26)30(20)29(19)27/h1-6,8-13,16-17,25-26H,7,14-15,18H2. The average molecular weight is 385 g/mol. The molecule has 0 nitrogen and oxygen atoms in total. The van der Waals surface area contributed by atoms with Crippen molar-refractivity contribution in [3.05, 3.63) is 118 Å². The Kier molecular flexibility index (Phi) is 3.44. The molecule has 0 amide bonds. The zero-order chi connectivity index (χ0) is 19.7. The summed E-state index contributed by atoms with van der Waals surface area (Å²) in [5.41, 5.74) is 15.3. The molecule has 144 valence electrons. The molecule has 0 aliphatic heterocycles. The Labute approximate surface area is 178 Å². The minimum Gasteiger partial charge on any atom is -0.0619 e. The molecule has 7 rings (SSSR count). The largest absolute Gasteiger partial charge is 0.0619 e. The Morgan fingerprint density at radius 3 is 1.53 bits per heavy atom. The lowest BCUT2D eigenvalue weighted by atomic mass is 9.86. The number of fused-ring (bicyclic) bond motifs is 3. The summed E-state index contributed by atoms with van der Waals surface area (Å²) < 4.78 is 0. The van der Waals surface area contributed by atoms with E-state index < -0.39 is 0 Å². The first-order valence-electron chi connectivity index (χ1n) is 11.3. The van der Waals surface area contributed by atoms with Gasteiger partial charge in [-0.15, -0.1) is 0 Å². The summed E-state index contributed by atoms with van der Waals surface area (Å²) in [6, 6.07) is 32.0. The number of hydrogen-bond donors (Lipinski definition) is 0. The first-order chi connectivity index (χ1) is 14.9. The molecule has 0 aromatic heterocycles. The van der Waals surface area contributed by atoms with Gasteiger partial charge in [-0.2, -0.15) is 0 Å². The van der Waals surface area contributed by atoms with E-state index in [1.54, 1.807) is 22.3 Å². The molecule has 4 aromatic rings. The van der Waals surface area contributed by atoms with Gasteiger partial charge in [0.2, 0.25) is 0 Å². The molecule has 0 saturated heterocycles. The van der Waals surface area contributed by atoms with E-state index in [1.807, 2.05) is 0 Å². The van der Waals surface area contributed by atoms with Gasteiger partial charge in [-0.25, -0.2) is 0 Å². The minimum atomic E-state index is 0.545. The second-order valence-corrected chi connectivity index (χ2v) is 9.15. The zero-order valence-corrected chi connectivity index (χ0v) is 17.1. The lowest BCUT2D eigenvalue weighted by Gasteiger charge is -2.18. The molecule has 0 N–H and O–H groups in total. The number of benzene rings is 4. The van der Waals surface area contributed by atoms with Gasteiger partial charge in [0.15, 0.2) is 0 Å². The molecule has 0 fully saturated rings. The highest BCUT2D eigenvalue weighted by Gasteiger charge is 2.35. The van der Waals surface area contributed by atoms with Crippen LogP contribution in [0.4, 0.5) is 0 Å². The van der Waals surface area contributed by atoms with Crippen LogP contribution in [-0.2, 0) is 6.42 Å². The van der Waals surface area contributed by atoms with Crippen LogP contribution in [0.5, 0.6) is 0 Å². The quantitative estimate of drug-likeness (QED) is 0.298. The summed E-state index contributed by atoms with van der Waals surface area (Å²) in [5, 5.41) is 0. The molecule has 0 radical (unpaired) electrons.